The molecule has 1 aromatic rings. The van der Waals surface area contributed by atoms with Gasteiger partial charge in [-0.05, 0) is 55.1 Å². The smallest absolute Gasteiger partial charge is 0.315 e. The van der Waals surface area contributed by atoms with Crippen LogP contribution in [0.2, 0.25) is 0 Å². The Hall–Kier alpha value is -1.86. The second-order valence-electron chi connectivity index (χ2n) is 10.1. The first-order chi connectivity index (χ1) is 14.3. The number of fused-ring (bicyclic) bond motifs is 3. The normalized spacial score (nSPS) is 40.9. The molecule has 164 valence electrons. The maximum atomic E-state index is 12.7. The summed E-state index contributed by atoms with van der Waals surface area (Å²) < 4.78 is 18.0. The van der Waals surface area contributed by atoms with Crippen molar-refractivity contribution in [2.75, 3.05) is 13.2 Å². The van der Waals surface area contributed by atoms with Gasteiger partial charge in [-0.3, -0.25) is 4.98 Å². The van der Waals surface area contributed by atoms with Crippen molar-refractivity contribution in [1.29, 1.82) is 0 Å². The minimum atomic E-state index is -0.194. The van der Waals surface area contributed by atoms with E-state index in [0.29, 0.717) is 30.5 Å². The number of nitrogens with one attached hydrogen (secondary N) is 2. The molecule has 2 N–H and O–H groups in total. The number of amides is 2. The number of hydrogen-bond donors (Lipinski definition) is 2. The fourth-order valence-electron chi connectivity index (χ4n) is 6.16. The second-order valence-corrected chi connectivity index (χ2v) is 10.1. The molecule has 7 heteroatoms. The van der Waals surface area contributed by atoms with Gasteiger partial charge in [0.1, 0.15) is 18.0 Å². The van der Waals surface area contributed by atoms with Crippen LogP contribution in [0.1, 0.15) is 39.3 Å². The number of carbonyl (C=O) groups excluding carboxylic acids is 1. The topological polar surface area (TPSA) is 81.7 Å². The minimum Gasteiger partial charge on any atom is -0.483 e. The molecule has 6 rings (SSSR count). The largest absolute Gasteiger partial charge is 0.483 e. The lowest BCUT2D eigenvalue weighted by Crippen LogP contribution is -2.62. The van der Waals surface area contributed by atoms with Crippen LogP contribution in [0.5, 0.6) is 5.75 Å². The van der Waals surface area contributed by atoms with Gasteiger partial charge in [0, 0.05) is 12.2 Å². The SMILES string of the molecule is Cc1ncccc1O[C@H]1CO[C@H]2[C@@H]1OC[C@@H]2NC(=O)N[C@H]1C[C@H]2C[C@@H]([C@@H]1C)C2(C)C. The van der Waals surface area contributed by atoms with Gasteiger partial charge in [0.2, 0.25) is 0 Å². The molecule has 1 aromatic heterocycles. The molecular formula is C23H33N3O4. The molecule has 3 aliphatic carbocycles. The zero-order valence-electron chi connectivity index (χ0n) is 18.3. The van der Waals surface area contributed by atoms with E-state index in [-0.39, 0.29) is 36.4 Å². The van der Waals surface area contributed by atoms with Gasteiger partial charge in [-0.2, -0.15) is 0 Å². The quantitative estimate of drug-likeness (QED) is 0.790. The average molecular weight is 416 g/mol. The van der Waals surface area contributed by atoms with Crippen LogP contribution in [0.3, 0.4) is 0 Å². The molecule has 2 bridgehead atoms. The summed E-state index contributed by atoms with van der Waals surface area (Å²) in [5.74, 6) is 2.67. The van der Waals surface area contributed by atoms with Crippen molar-refractivity contribution >= 4 is 6.03 Å². The fourth-order valence-corrected chi connectivity index (χ4v) is 6.16. The number of rotatable bonds is 4. The van der Waals surface area contributed by atoms with Crippen LogP contribution in [0.15, 0.2) is 18.3 Å². The van der Waals surface area contributed by atoms with Crippen molar-refractivity contribution in [2.45, 2.75) is 70.9 Å². The highest BCUT2D eigenvalue weighted by Crippen LogP contribution is 2.61. The molecular weight excluding hydrogens is 382 g/mol. The standard InChI is InChI=1S/C23H33N3O4/c1-12-15-8-14(23(15,3)4)9-16(12)25-22(27)26-17-10-28-21-19(11-29-20(17)21)30-18-6-5-7-24-13(18)2/h5-7,12,14-17,19-21H,8-11H2,1-4H3,(H2,25,26,27)/t12-,14+,15-,16-,17-,19-,20+,21+/m0/s1. The third-order valence-electron chi connectivity index (χ3n) is 8.23. The van der Waals surface area contributed by atoms with E-state index in [0.717, 1.165) is 23.8 Å². The van der Waals surface area contributed by atoms with E-state index in [1.54, 1.807) is 6.20 Å². The highest BCUT2D eigenvalue weighted by molar-refractivity contribution is 5.74. The molecule has 0 radical (unpaired) electrons. The van der Waals surface area contributed by atoms with Crippen molar-refractivity contribution < 1.29 is 19.0 Å². The molecule has 3 saturated carbocycles. The summed E-state index contributed by atoms with van der Waals surface area (Å²) in [5, 5.41) is 6.33. The number of hydrogen-bond acceptors (Lipinski definition) is 5. The summed E-state index contributed by atoms with van der Waals surface area (Å²) in [7, 11) is 0. The minimum absolute atomic E-state index is 0.115. The summed E-state index contributed by atoms with van der Waals surface area (Å²) in [4.78, 5) is 17.0. The predicted octanol–water partition coefficient (Wildman–Crippen LogP) is 2.67. The zero-order valence-corrected chi connectivity index (χ0v) is 18.3. The van der Waals surface area contributed by atoms with E-state index in [1.807, 2.05) is 19.1 Å². The summed E-state index contributed by atoms with van der Waals surface area (Å²) in [5.41, 5.74) is 1.26. The van der Waals surface area contributed by atoms with E-state index in [9.17, 15) is 4.79 Å². The maximum Gasteiger partial charge on any atom is 0.315 e. The Morgan fingerprint density at radius 2 is 1.93 bits per heavy atom. The predicted molar refractivity (Wildman–Crippen MR) is 111 cm³/mol. The zero-order chi connectivity index (χ0) is 21.0. The Morgan fingerprint density at radius 3 is 2.67 bits per heavy atom. The molecule has 5 fully saturated rings. The average Bonchev–Trinajstić information content (AvgIpc) is 3.28. The van der Waals surface area contributed by atoms with E-state index in [2.05, 4.69) is 36.4 Å². The first-order valence-corrected chi connectivity index (χ1v) is 11.2. The first-order valence-electron chi connectivity index (χ1n) is 11.2. The van der Waals surface area contributed by atoms with Crippen molar-refractivity contribution in [1.82, 2.24) is 15.6 Å². The van der Waals surface area contributed by atoms with Gasteiger partial charge in [0.05, 0.1) is 24.9 Å². The molecule has 2 saturated heterocycles. The van der Waals surface area contributed by atoms with Crippen LogP contribution in [-0.2, 0) is 9.47 Å². The molecule has 7 nitrogen and oxygen atoms in total. The highest BCUT2D eigenvalue weighted by atomic mass is 16.6. The lowest BCUT2D eigenvalue weighted by atomic mass is 9.45. The van der Waals surface area contributed by atoms with Gasteiger partial charge in [-0.1, -0.05) is 20.8 Å². The van der Waals surface area contributed by atoms with Crippen LogP contribution in [0.4, 0.5) is 4.79 Å². The number of nitrogens with zero attached hydrogens (tertiary/aromatic N) is 1. The molecule has 8 atom stereocenters. The van der Waals surface area contributed by atoms with Crippen LogP contribution in [0, 0.1) is 30.1 Å². The maximum absolute atomic E-state index is 12.7. The molecule has 0 spiro atoms. The summed E-state index contributed by atoms with van der Waals surface area (Å²) >= 11 is 0. The molecule has 0 unspecified atom stereocenters. The number of ether oxygens (including phenoxy) is 3. The third kappa shape index (κ3) is 3.26. The Kier molecular flexibility index (Phi) is 4.93. The number of urea groups is 1. The number of aromatic nitrogens is 1. The Morgan fingerprint density at radius 1 is 1.17 bits per heavy atom. The first kappa shape index (κ1) is 20.1. The van der Waals surface area contributed by atoms with Gasteiger partial charge in [0.15, 0.2) is 6.10 Å². The lowest BCUT2D eigenvalue weighted by molar-refractivity contribution is -0.112. The summed E-state index contributed by atoms with van der Waals surface area (Å²) in [6.07, 6.45) is 3.56. The molecule has 2 amide bonds. The van der Waals surface area contributed by atoms with Gasteiger partial charge in [0.25, 0.3) is 0 Å². The van der Waals surface area contributed by atoms with Crippen LogP contribution < -0.4 is 15.4 Å². The summed E-state index contributed by atoms with van der Waals surface area (Å²) in [6, 6.07) is 3.73. The van der Waals surface area contributed by atoms with Crippen LogP contribution >= 0.6 is 0 Å². The third-order valence-corrected chi connectivity index (χ3v) is 8.23. The highest BCUT2D eigenvalue weighted by Gasteiger charge is 2.56. The Labute approximate surface area is 178 Å². The van der Waals surface area contributed by atoms with Crippen molar-refractivity contribution in [3.8, 4) is 5.75 Å². The Balaban J connectivity index is 1.15. The Bertz CT molecular complexity index is 815. The van der Waals surface area contributed by atoms with Crippen LogP contribution in [-0.4, -0.2) is 54.6 Å². The van der Waals surface area contributed by atoms with Gasteiger partial charge in [-0.15, -0.1) is 0 Å². The molecule has 2 aliphatic heterocycles. The van der Waals surface area contributed by atoms with Gasteiger partial charge >= 0.3 is 6.03 Å². The number of carbonyl (C=O) groups is 1. The van der Waals surface area contributed by atoms with E-state index < -0.39 is 0 Å². The molecule has 30 heavy (non-hydrogen) atoms. The molecule has 0 aromatic carbocycles. The monoisotopic (exact) mass is 415 g/mol. The summed E-state index contributed by atoms with van der Waals surface area (Å²) in [6.45, 7) is 9.83. The second kappa shape index (κ2) is 7.38. The van der Waals surface area contributed by atoms with Gasteiger partial charge in [-0.25, -0.2) is 4.79 Å². The van der Waals surface area contributed by atoms with Crippen molar-refractivity contribution in [2.24, 2.45) is 23.2 Å². The number of pyridine rings is 1. The molecule has 5 aliphatic rings. The van der Waals surface area contributed by atoms with E-state index >= 15 is 0 Å². The van der Waals surface area contributed by atoms with E-state index in [4.69, 9.17) is 14.2 Å². The van der Waals surface area contributed by atoms with Crippen molar-refractivity contribution in [3.63, 3.8) is 0 Å². The number of aryl methyl sites for hydroxylation is 1. The molecule has 3 heterocycles. The van der Waals surface area contributed by atoms with Gasteiger partial charge < -0.3 is 24.8 Å². The lowest BCUT2D eigenvalue weighted by Gasteiger charge is -2.62. The van der Waals surface area contributed by atoms with E-state index in [1.165, 1.54) is 6.42 Å². The van der Waals surface area contributed by atoms with Crippen LogP contribution in [0.25, 0.3) is 0 Å². The fraction of sp³-hybridized carbons (Fsp3) is 0.739. The van der Waals surface area contributed by atoms with Crippen molar-refractivity contribution in [3.05, 3.63) is 24.0 Å².